The van der Waals surface area contributed by atoms with Crippen molar-refractivity contribution in [2.45, 2.75) is 36.2 Å². The summed E-state index contributed by atoms with van der Waals surface area (Å²) in [6.07, 6.45) is 7.56. The summed E-state index contributed by atoms with van der Waals surface area (Å²) in [6.45, 7) is 1.94. The zero-order chi connectivity index (χ0) is 19.1. The molecule has 4 aromatic rings. The van der Waals surface area contributed by atoms with Gasteiger partial charge in [-0.15, -0.1) is 10.2 Å². The van der Waals surface area contributed by atoms with Gasteiger partial charge in [0.15, 0.2) is 16.8 Å². The highest BCUT2D eigenvalue weighted by Gasteiger charge is 2.32. The molecule has 140 valence electrons. The molecule has 3 aromatic heterocycles. The number of aromatic amines is 1. The van der Waals surface area contributed by atoms with Gasteiger partial charge in [0.1, 0.15) is 0 Å². The third kappa shape index (κ3) is 3.01. The minimum Gasteiger partial charge on any atom is -0.360 e. The van der Waals surface area contributed by atoms with E-state index in [1.54, 1.807) is 18.6 Å². The molecular weight excluding hydrogens is 370 g/mol. The molecule has 0 amide bonds. The predicted molar refractivity (Wildman–Crippen MR) is 109 cm³/mol. The van der Waals surface area contributed by atoms with E-state index >= 15 is 0 Å². The standard InChI is InChI=1S/C21H19N5OS/c1-13(19(27)17-12-23-18-5-3-2-4-16(17)18)28-21-25-24-20(26(21)15-6-7-15)14-8-10-22-11-9-14/h2-5,8-13,15,23H,6-7H2,1H3. The first-order chi connectivity index (χ1) is 13.7. The van der Waals surface area contributed by atoms with E-state index in [1.807, 2.05) is 43.3 Å². The molecule has 1 saturated carbocycles. The second-order valence-corrected chi connectivity index (χ2v) is 8.32. The molecular formula is C21H19N5OS. The number of para-hydroxylation sites is 1. The second kappa shape index (κ2) is 6.91. The summed E-state index contributed by atoms with van der Waals surface area (Å²) in [5.41, 5.74) is 2.70. The van der Waals surface area contributed by atoms with Crippen LogP contribution < -0.4 is 0 Å². The van der Waals surface area contributed by atoms with Crippen LogP contribution in [0.2, 0.25) is 0 Å². The number of H-pyrrole nitrogens is 1. The van der Waals surface area contributed by atoms with Crippen LogP contribution in [0.4, 0.5) is 0 Å². The van der Waals surface area contributed by atoms with Gasteiger partial charge in [-0.05, 0) is 38.0 Å². The number of nitrogens with zero attached hydrogens (tertiary/aromatic N) is 4. The highest BCUT2D eigenvalue weighted by molar-refractivity contribution is 8.00. The third-order valence-electron chi connectivity index (χ3n) is 5.02. The molecule has 1 aliphatic carbocycles. The molecule has 7 heteroatoms. The number of carbonyl (C=O) groups excluding carboxylic acids is 1. The first-order valence-electron chi connectivity index (χ1n) is 9.34. The molecule has 3 heterocycles. The molecule has 1 atom stereocenters. The predicted octanol–water partition coefficient (Wildman–Crippen LogP) is 4.52. The van der Waals surface area contributed by atoms with Crippen LogP contribution in [-0.2, 0) is 0 Å². The van der Waals surface area contributed by atoms with Gasteiger partial charge in [0.25, 0.3) is 0 Å². The Labute approximate surface area is 166 Å². The monoisotopic (exact) mass is 389 g/mol. The minimum absolute atomic E-state index is 0.0956. The maximum atomic E-state index is 13.1. The van der Waals surface area contributed by atoms with Crippen LogP contribution in [0.15, 0.2) is 60.1 Å². The number of hydrogen-bond acceptors (Lipinski definition) is 5. The molecule has 28 heavy (non-hydrogen) atoms. The molecule has 1 aromatic carbocycles. The topological polar surface area (TPSA) is 76.5 Å². The van der Waals surface area contributed by atoms with E-state index in [1.165, 1.54) is 11.8 Å². The number of fused-ring (bicyclic) bond motifs is 1. The summed E-state index contributed by atoms with van der Waals surface area (Å²) >= 11 is 1.48. The number of ketones is 1. The highest BCUT2D eigenvalue weighted by Crippen LogP contribution is 2.42. The molecule has 0 spiro atoms. The first-order valence-corrected chi connectivity index (χ1v) is 10.2. The van der Waals surface area contributed by atoms with Crippen molar-refractivity contribution in [3.63, 3.8) is 0 Å². The lowest BCUT2D eigenvalue weighted by atomic mass is 10.1. The van der Waals surface area contributed by atoms with Crippen molar-refractivity contribution in [3.05, 3.63) is 60.6 Å². The molecule has 0 saturated heterocycles. The van der Waals surface area contributed by atoms with Gasteiger partial charge in [-0.25, -0.2) is 0 Å². The molecule has 1 aliphatic rings. The van der Waals surface area contributed by atoms with Gasteiger partial charge < -0.3 is 4.98 Å². The Morgan fingerprint density at radius 3 is 2.75 bits per heavy atom. The lowest BCUT2D eigenvalue weighted by Crippen LogP contribution is -2.14. The van der Waals surface area contributed by atoms with Gasteiger partial charge in [-0.1, -0.05) is 30.0 Å². The number of benzene rings is 1. The number of rotatable bonds is 6. The van der Waals surface area contributed by atoms with Crippen molar-refractivity contribution < 1.29 is 4.79 Å². The van der Waals surface area contributed by atoms with Crippen molar-refractivity contribution in [3.8, 4) is 11.4 Å². The number of nitrogens with one attached hydrogen (secondary N) is 1. The third-order valence-corrected chi connectivity index (χ3v) is 6.08. The maximum Gasteiger partial charge on any atom is 0.192 e. The van der Waals surface area contributed by atoms with Crippen LogP contribution in [-0.4, -0.2) is 35.8 Å². The smallest absolute Gasteiger partial charge is 0.192 e. The number of pyridine rings is 1. The van der Waals surface area contributed by atoms with Crippen LogP contribution in [0.1, 0.15) is 36.2 Å². The Morgan fingerprint density at radius 2 is 1.96 bits per heavy atom. The molecule has 1 unspecified atom stereocenters. The average molecular weight is 389 g/mol. The normalized spacial score (nSPS) is 15.0. The molecule has 0 aliphatic heterocycles. The van der Waals surface area contributed by atoms with Gasteiger partial charge in [0.05, 0.1) is 5.25 Å². The highest BCUT2D eigenvalue weighted by atomic mass is 32.2. The van der Waals surface area contributed by atoms with Crippen LogP contribution in [0.5, 0.6) is 0 Å². The van der Waals surface area contributed by atoms with Crippen LogP contribution in [0.3, 0.4) is 0 Å². The SMILES string of the molecule is CC(Sc1nnc(-c2ccncc2)n1C1CC1)C(=O)c1c[nH]c2ccccc12. The number of thioether (sulfide) groups is 1. The summed E-state index contributed by atoms with van der Waals surface area (Å²) in [5.74, 6) is 0.942. The first kappa shape index (κ1) is 17.2. The molecule has 6 nitrogen and oxygen atoms in total. The number of hydrogen-bond donors (Lipinski definition) is 1. The van der Waals surface area contributed by atoms with E-state index < -0.39 is 0 Å². The van der Waals surface area contributed by atoms with E-state index in [-0.39, 0.29) is 11.0 Å². The van der Waals surface area contributed by atoms with Gasteiger partial charge in [0.2, 0.25) is 0 Å². The number of aromatic nitrogens is 5. The van der Waals surface area contributed by atoms with E-state index in [4.69, 9.17) is 0 Å². The number of carbonyl (C=O) groups is 1. The van der Waals surface area contributed by atoms with Gasteiger partial charge in [0, 0.05) is 46.7 Å². The van der Waals surface area contributed by atoms with Crippen molar-refractivity contribution in [1.29, 1.82) is 0 Å². The fourth-order valence-electron chi connectivity index (χ4n) is 3.42. The summed E-state index contributed by atoms with van der Waals surface area (Å²) in [4.78, 5) is 20.4. The van der Waals surface area contributed by atoms with Crippen LogP contribution in [0.25, 0.3) is 22.3 Å². The Bertz CT molecular complexity index is 1150. The zero-order valence-electron chi connectivity index (χ0n) is 15.4. The minimum atomic E-state index is -0.258. The van der Waals surface area contributed by atoms with Crippen molar-refractivity contribution in [1.82, 2.24) is 24.7 Å². The summed E-state index contributed by atoms with van der Waals surface area (Å²) in [7, 11) is 0. The largest absolute Gasteiger partial charge is 0.360 e. The Morgan fingerprint density at radius 1 is 1.18 bits per heavy atom. The Hall–Kier alpha value is -2.93. The maximum absolute atomic E-state index is 13.1. The van der Waals surface area contributed by atoms with Gasteiger partial charge in [-0.3, -0.25) is 14.3 Å². The van der Waals surface area contributed by atoms with E-state index in [0.29, 0.717) is 6.04 Å². The summed E-state index contributed by atoms with van der Waals surface area (Å²) in [5, 5.41) is 10.3. The summed E-state index contributed by atoms with van der Waals surface area (Å²) < 4.78 is 2.18. The molecule has 0 bridgehead atoms. The summed E-state index contributed by atoms with van der Waals surface area (Å²) in [6, 6.07) is 12.2. The molecule has 5 rings (SSSR count). The van der Waals surface area contributed by atoms with Crippen molar-refractivity contribution >= 4 is 28.4 Å². The lowest BCUT2D eigenvalue weighted by molar-refractivity contribution is 0.0995. The van der Waals surface area contributed by atoms with Gasteiger partial charge in [-0.2, -0.15) is 0 Å². The lowest BCUT2D eigenvalue weighted by Gasteiger charge is -2.12. The zero-order valence-corrected chi connectivity index (χ0v) is 16.2. The Kier molecular flexibility index (Phi) is 4.24. The van der Waals surface area contributed by atoms with Crippen LogP contribution >= 0.6 is 11.8 Å². The average Bonchev–Trinajstić information content (AvgIpc) is 3.34. The van der Waals surface area contributed by atoms with Crippen LogP contribution in [0, 0.1) is 0 Å². The molecule has 0 radical (unpaired) electrons. The molecule has 1 fully saturated rings. The van der Waals surface area contributed by atoms with Gasteiger partial charge >= 0.3 is 0 Å². The molecule has 1 N–H and O–H groups in total. The number of Topliss-reactive ketones (excluding diaryl/α,β-unsaturated/α-hetero) is 1. The van der Waals surface area contributed by atoms with Crippen molar-refractivity contribution in [2.24, 2.45) is 0 Å². The van der Waals surface area contributed by atoms with Crippen molar-refractivity contribution in [2.75, 3.05) is 0 Å². The van der Waals surface area contributed by atoms with E-state index in [0.717, 1.165) is 45.9 Å². The fraction of sp³-hybridized carbons (Fsp3) is 0.238. The van der Waals surface area contributed by atoms with E-state index in [9.17, 15) is 4.79 Å². The second-order valence-electron chi connectivity index (χ2n) is 7.02. The fourth-order valence-corrected chi connectivity index (χ4v) is 4.41. The van der Waals surface area contributed by atoms with E-state index in [2.05, 4.69) is 24.7 Å². The Balaban J connectivity index is 1.44. The quantitative estimate of drug-likeness (QED) is 0.388.